The summed E-state index contributed by atoms with van der Waals surface area (Å²) in [5.74, 6) is -1.68. The summed E-state index contributed by atoms with van der Waals surface area (Å²) < 4.78 is 9.64. The fourth-order valence-corrected chi connectivity index (χ4v) is 1.46. The Morgan fingerprint density at radius 1 is 1.47 bits per heavy atom. The van der Waals surface area contributed by atoms with E-state index in [0.29, 0.717) is 5.75 Å². The number of aliphatic carboxylic acids is 1. The first-order valence-electron chi connectivity index (χ1n) is 5.22. The van der Waals surface area contributed by atoms with Crippen molar-refractivity contribution >= 4 is 24.6 Å². The van der Waals surface area contributed by atoms with Crippen LogP contribution in [0.3, 0.4) is 0 Å². The molecule has 5 N–H and O–H groups in total. The van der Waals surface area contributed by atoms with Crippen molar-refractivity contribution in [3.8, 4) is 0 Å². The van der Waals surface area contributed by atoms with Gasteiger partial charge in [-0.2, -0.15) is 12.6 Å². The molecule has 19 heavy (non-hydrogen) atoms. The minimum atomic E-state index is -2.23. The SMILES string of the molecule is N.O=C(CC(O)(Cc1ccco1)C(=O)O)OCCS. The summed E-state index contributed by atoms with van der Waals surface area (Å²) in [4.78, 5) is 22.4. The van der Waals surface area contributed by atoms with Gasteiger partial charge in [0.15, 0.2) is 5.60 Å². The number of carbonyl (C=O) groups excluding carboxylic acids is 1. The maximum Gasteiger partial charge on any atom is 0.336 e. The van der Waals surface area contributed by atoms with Gasteiger partial charge in [-0.3, -0.25) is 4.79 Å². The van der Waals surface area contributed by atoms with Crippen LogP contribution >= 0.6 is 12.6 Å². The second-order valence-corrected chi connectivity index (χ2v) is 4.16. The molecule has 0 fully saturated rings. The van der Waals surface area contributed by atoms with Crippen LogP contribution in [0.5, 0.6) is 0 Å². The van der Waals surface area contributed by atoms with Crippen LogP contribution < -0.4 is 6.15 Å². The number of hydrogen-bond acceptors (Lipinski definition) is 7. The van der Waals surface area contributed by atoms with Crippen molar-refractivity contribution in [3.05, 3.63) is 24.2 Å². The summed E-state index contributed by atoms with van der Waals surface area (Å²) in [7, 11) is 0. The van der Waals surface area contributed by atoms with Gasteiger partial charge < -0.3 is 25.5 Å². The molecule has 0 saturated heterocycles. The van der Waals surface area contributed by atoms with Crippen molar-refractivity contribution in [2.75, 3.05) is 12.4 Å². The maximum absolute atomic E-state index is 11.3. The Kier molecular flexibility index (Phi) is 7.20. The number of aliphatic hydroxyl groups is 1. The predicted molar refractivity (Wildman–Crippen MR) is 69.4 cm³/mol. The van der Waals surface area contributed by atoms with E-state index in [-0.39, 0.29) is 24.9 Å². The fourth-order valence-electron chi connectivity index (χ4n) is 1.36. The highest BCUT2D eigenvalue weighted by Gasteiger charge is 2.40. The van der Waals surface area contributed by atoms with Crippen molar-refractivity contribution in [1.29, 1.82) is 0 Å². The number of carbonyl (C=O) groups is 2. The second-order valence-electron chi connectivity index (χ2n) is 3.71. The van der Waals surface area contributed by atoms with Crippen LogP contribution in [0.1, 0.15) is 12.2 Å². The molecule has 1 heterocycles. The summed E-state index contributed by atoms with van der Waals surface area (Å²) >= 11 is 3.85. The van der Waals surface area contributed by atoms with E-state index < -0.39 is 24.0 Å². The van der Waals surface area contributed by atoms with Gasteiger partial charge in [-0.15, -0.1) is 0 Å². The zero-order chi connectivity index (χ0) is 13.6. The number of furan rings is 1. The Morgan fingerprint density at radius 2 is 2.16 bits per heavy atom. The molecule has 0 bridgehead atoms. The lowest BCUT2D eigenvalue weighted by Gasteiger charge is -2.21. The van der Waals surface area contributed by atoms with Crippen molar-refractivity contribution in [3.63, 3.8) is 0 Å². The molecule has 7 nitrogen and oxygen atoms in total. The zero-order valence-electron chi connectivity index (χ0n) is 10.2. The van der Waals surface area contributed by atoms with E-state index in [1.54, 1.807) is 6.07 Å². The van der Waals surface area contributed by atoms with Crippen LogP contribution in [-0.2, 0) is 20.7 Å². The number of ether oxygens (including phenoxy) is 1. The molecule has 0 radical (unpaired) electrons. The van der Waals surface area contributed by atoms with Crippen LogP contribution in [0.25, 0.3) is 0 Å². The van der Waals surface area contributed by atoms with E-state index in [1.165, 1.54) is 12.3 Å². The summed E-state index contributed by atoms with van der Waals surface area (Å²) in [6, 6.07) is 3.09. The monoisotopic (exact) mass is 291 g/mol. The quantitative estimate of drug-likeness (QED) is 0.428. The van der Waals surface area contributed by atoms with Crippen LogP contribution in [0.15, 0.2) is 22.8 Å². The molecule has 0 amide bonds. The van der Waals surface area contributed by atoms with E-state index in [4.69, 9.17) is 9.52 Å². The summed E-state index contributed by atoms with van der Waals surface area (Å²) in [5.41, 5.74) is -2.23. The van der Waals surface area contributed by atoms with Crippen LogP contribution in [-0.4, -0.2) is 40.1 Å². The van der Waals surface area contributed by atoms with E-state index in [0.717, 1.165) is 0 Å². The maximum atomic E-state index is 11.3. The van der Waals surface area contributed by atoms with Gasteiger partial charge in [0.25, 0.3) is 0 Å². The highest BCUT2D eigenvalue weighted by Crippen LogP contribution is 2.19. The smallest absolute Gasteiger partial charge is 0.336 e. The van der Waals surface area contributed by atoms with Gasteiger partial charge >= 0.3 is 11.9 Å². The van der Waals surface area contributed by atoms with Gasteiger partial charge in [0, 0.05) is 12.2 Å². The standard InChI is InChI=1S/C11H14O6S.H3N/c12-9(17-4-5-18)7-11(15,10(13)14)6-8-2-1-3-16-8;/h1-3,15,18H,4-7H2,(H,13,14);1H3. The predicted octanol–water partition coefficient (Wildman–Crippen LogP) is 0.663. The van der Waals surface area contributed by atoms with Gasteiger partial charge in [-0.05, 0) is 12.1 Å². The van der Waals surface area contributed by atoms with E-state index in [2.05, 4.69) is 17.4 Å². The molecular formula is C11H17NO6S. The topological polar surface area (TPSA) is 132 Å². The number of carboxylic acids is 1. The lowest BCUT2D eigenvalue weighted by Crippen LogP contribution is -2.43. The number of esters is 1. The Labute approximate surface area is 115 Å². The first-order valence-corrected chi connectivity index (χ1v) is 5.86. The third kappa shape index (κ3) is 5.33. The van der Waals surface area contributed by atoms with E-state index in [9.17, 15) is 14.7 Å². The van der Waals surface area contributed by atoms with Gasteiger partial charge in [0.05, 0.1) is 12.7 Å². The first-order chi connectivity index (χ1) is 8.48. The summed E-state index contributed by atoms with van der Waals surface area (Å²) in [6.45, 7) is 0.0679. The second kappa shape index (κ2) is 7.82. The molecule has 1 unspecified atom stereocenters. The number of rotatable bonds is 7. The molecule has 1 rings (SSSR count). The van der Waals surface area contributed by atoms with E-state index in [1.807, 2.05) is 0 Å². The van der Waals surface area contributed by atoms with Crippen molar-refractivity contribution in [1.82, 2.24) is 6.15 Å². The Morgan fingerprint density at radius 3 is 2.63 bits per heavy atom. The van der Waals surface area contributed by atoms with Crippen LogP contribution in [0.4, 0.5) is 0 Å². The molecule has 0 aromatic carbocycles. The largest absolute Gasteiger partial charge is 0.479 e. The third-order valence-electron chi connectivity index (χ3n) is 2.24. The first kappa shape index (κ1) is 17.5. The molecule has 1 aromatic rings. The van der Waals surface area contributed by atoms with Gasteiger partial charge in [0.2, 0.25) is 0 Å². The summed E-state index contributed by atoms with van der Waals surface area (Å²) in [5, 5.41) is 18.9. The molecule has 8 heteroatoms. The molecule has 0 aliphatic rings. The van der Waals surface area contributed by atoms with E-state index >= 15 is 0 Å². The van der Waals surface area contributed by atoms with Gasteiger partial charge in [-0.25, -0.2) is 4.79 Å². The molecule has 0 spiro atoms. The fraction of sp³-hybridized carbons (Fsp3) is 0.455. The molecule has 0 aliphatic heterocycles. The number of thiol groups is 1. The third-order valence-corrected chi connectivity index (χ3v) is 2.42. The highest BCUT2D eigenvalue weighted by molar-refractivity contribution is 7.80. The zero-order valence-corrected chi connectivity index (χ0v) is 11.1. The number of carboxylic acid groups (broad SMARTS) is 1. The average Bonchev–Trinajstić information content (AvgIpc) is 2.78. The van der Waals surface area contributed by atoms with Crippen molar-refractivity contribution in [2.45, 2.75) is 18.4 Å². The normalized spacial score (nSPS) is 13.2. The minimum absolute atomic E-state index is 0. The Hall–Kier alpha value is -1.51. The molecule has 108 valence electrons. The Bertz CT molecular complexity index is 407. The molecule has 1 atom stereocenters. The average molecular weight is 291 g/mol. The number of hydrogen-bond donors (Lipinski definition) is 4. The molecule has 1 aromatic heterocycles. The summed E-state index contributed by atoms with van der Waals surface area (Å²) in [6.07, 6.45) is 0.416. The van der Waals surface area contributed by atoms with Crippen molar-refractivity contribution < 1.29 is 29.0 Å². The molecule has 0 aliphatic carbocycles. The van der Waals surface area contributed by atoms with Gasteiger partial charge in [-0.1, -0.05) is 0 Å². The minimum Gasteiger partial charge on any atom is -0.479 e. The van der Waals surface area contributed by atoms with Gasteiger partial charge in [0.1, 0.15) is 12.4 Å². The Balaban J connectivity index is 0.00000324. The van der Waals surface area contributed by atoms with Crippen LogP contribution in [0, 0.1) is 0 Å². The molecule has 0 saturated carbocycles. The molecular weight excluding hydrogens is 274 g/mol. The lowest BCUT2D eigenvalue weighted by molar-refractivity contribution is -0.167. The van der Waals surface area contributed by atoms with Crippen molar-refractivity contribution in [2.24, 2.45) is 0 Å². The lowest BCUT2D eigenvalue weighted by atomic mass is 9.94. The van der Waals surface area contributed by atoms with Crippen LogP contribution in [0.2, 0.25) is 0 Å². The highest BCUT2D eigenvalue weighted by atomic mass is 32.1.